The fourth-order valence-electron chi connectivity index (χ4n) is 2.19. The van der Waals surface area contributed by atoms with Crippen LogP contribution >= 0.6 is 0 Å². The standard InChI is InChI=1S/C16H17NO3/c1-11(16(19)20)10-17(2)15(18)14-9-5-7-12-6-3-4-8-13(12)14/h3-9,11H,10H2,1-2H3,(H,19,20). The molecule has 0 aliphatic carbocycles. The Morgan fingerprint density at radius 3 is 2.50 bits per heavy atom. The van der Waals surface area contributed by atoms with Crippen LogP contribution in [0.4, 0.5) is 0 Å². The van der Waals surface area contributed by atoms with Crippen LogP contribution in [0, 0.1) is 5.92 Å². The van der Waals surface area contributed by atoms with Gasteiger partial charge >= 0.3 is 5.97 Å². The highest BCUT2D eigenvalue weighted by Crippen LogP contribution is 2.20. The molecule has 0 saturated heterocycles. The van der Waals surface area contributed by atoms with Gasteiger partial charge in [0.25, 0.3) is 5.91 Å². The van der Waals surface area contributed by atoms with E-state index in [0.29, 0.717) is 5.56 Å². The number of nitrogens with zero attached hydrogens (tertiary/aromatic N) is 1. The molecule has 104 valence electrons. The van der Waals surface area contributed by atoms with Gasteiger partial charge in [0.15, 0.2) is 0 Å². The van der Waals surface area contributed by atoms with Crippen molar-refractivity contribution in [3.8, 4) is 0 Å². The molecule has 1 N–H and O–H groups in total. The number of carboxylic acid groups (broad SMARTS) is 1. The Morgan fingerprint density at radius 1 is 1.15 bits per heavy atom. The highest BCUT2D eigenvalue weighted by molar-refractivity contribution is 6.06. The Bertz CT molecular complexity index is 646. The van der Waals surface area contributed by atoms with Gasteiger partial charge in [0.05, 0.1) is 5.92 Å². The lowest BCUT2D eigenvalue weighted by Gasteiger charge is -2.20. The van der Waals surface area contributed by atoms with Crippen molar-refractivity contribution >= 4 is 22.6 Å². The second kappa shape index (κ2) is 5.74. The van der Waals surface area contributed by atoms with E-state index in [2.05, 4.69) is 0 Å². The van der Waals surface area contributed by atoms with E-state index >= 15 is 0 Å². The van der Waals surface area contributed by atoms with Crippen LogP contribution in [-0.2, 0) is 4.79 Å². The number of hydrogen-bond donors (Lipinski definition) is 1. The SMILES string of the molecule is CC(CN(C)C(=O)c1cccc2ccccc12)C(=O)O. The van der Waals surface area contributed by atoms with Crippen molar-refractivity contribution in [2.45, 2.75) is 6.92 Å². The first kappa shape index (κ1) is 14.1. The van der Waals surface area contributed by atoms with E-state index < -0.39 is 11.9 Å². The van der Waals surface area contributed by atoms with Gasteiger partial charge in [-0.25, -0.2) is 0 Å². The molecular weight excluding hydrogens is 254 g/mol. The maximum absolute atomic E-state index is 12.4. The molecule has 0 spiro atoms. The first-order valence-electron chi connectivity index (χ1n) is 6.46. The first-order chi connectivity index (χ1) is 9.50. The van der Waals surface area contributed by atoms with Gasteiger partial charge in [-0.3, -0.25) is 9.59 Å². The lowest BCUT2D eigenvalue weighted by molar-refractivity contribution is -0.141. The van der Waals surface area contributed by atoms with Crippen LogP contribution in [0.3, 0.4) is 0 Å². The number of fused-ring (bicyclic) bond motifs is 1. The molecule has 2 rings (SSSR count). The summed E-state index contributed by atoms with van der Waals surface area (Å²) in [6, 6.07) is 13.2. The summed E-state index contributed by atoms with van der Waals surface area (Å²) in [7, 11) is 1.63. The van der Waals surface area contributed by atoms with Crippen LogP contribution in [-0.4, -0.2) is 35.5 Å². The molecule has 0 saturated carbocycles. The molecule has 0 aliphatic heterocycles. The molecule has 0 bridgehead atoms. The second-order valence-corrected chi connectivity index (χ2v) is 4.95. The second-order valence-electron chi connectivity index (χ2n) is 4.95. The number of benzene rings is 2. The Kier molecular flexibility index (Phi) is 4.03. The summed E-state index contributed by atoms with van der Waals surface area (Å²) >= 11 is 0. The van der Waals surface area contributed by atoms with Gasteiger partial charge in [0, 0.05) is 19.2 Å². The van der Waals surface area contributed by atoms with Gasteiger partial charge in [0.1, 0.15) is 0 Å². The number of rotatable bonds is 4. The molecule has 0 heterocycles. The Morgan fingerprint density at radius 2 is 1.80 bits per heavy atom. The molecule has 1 unspecified atom stereocenters. The Balaban J connectivity index is 2.29. The normalized spacial score (nSPS) is 12.1. The van der Waals surface area contributed by atoms with Gasteiger partial charge in [-0.1, -0.05) is 43.3 Å². The van der Waals surface area contributed by atoms with Crippen LogP contribution < -0.4 is 0 Å². The maximum atomic E-state index is 12.4. The predicted molar refractivity (Wildman–Crippen MR) is 77.7 cm³/mol. The molecule has 1 amide bonds. The minimum atomic E-state index is -0.900. The number of carboxylic acids is 1. The van der Waals surface area contributed by atoms with Gasteiger partial charge in [0.2, 0.25) is 0 Å². The Labute approximate surface area is 117 Å². The van der Waals surface area contributed by atoms with Gasteiger partial charge in [-0.05, 0) is 16.8 Å². The van der Waals surface area contributed by atoms with E-state index in [1.807, 2.05) is 36.4 Å². The molecule has 1 atom stereocenters. The lowest BCUT2D eigenvalue weighted by atomic mass is 10.0. The summed E-state index contributed by atoms with van der Waals surface area (Å²) in [5.41, 5.74) is 0.600. The summed E-state index contributed by atoms with van der Waals surface area (Å²) in [5.74, 6) is -1.64. The number of amides is 1. The highest BCUT2D eigenvalue weighted by Gasteiger charge is 2.19. The number of carbonyl (C=O) groups excluding carboxylic acids is 1. The maximum Gasteiger partial charge on any atom is 0.308 e. The summed E-state index contributed by atoms with van der Waals surface area (Å²) in [5, 5.41) is 10.8. The number of aliphatic carboxylic acids is 1. The molecule has 20 heavy (non-hydrogen) atoms. The van der Waals surface area contributed by atoms with Crippen molar-refractivity contribution in [1.82, 2.24) is 4.90 Å². The lowest BCUT2D eigenvalue weighted by Crippen LogP contribution is -2.33. The van der Waals surface area contributed by atoms with Gasteiger partial charge in [-0.2, -0.15) is 0 Å². The molecule has 2 aromatic carbocycles. The fourth-order valence-corrected chi connectivity index (χ4v) is 2.19. The first-order valence-corrected chi connectivity index (χ1v) is 6.46. The van der Waals surface area contributed by atoms with E-state index in [1.165, 1.54) is 4.90 Å². The van der Waals surface area contributed by atoms with Crippen molar-refractivity contribution in [2.24, 2.45) is 5.92 Å². The van der Waals surface area contributed by atoms with Crippen LogP contribution in [0.15, 0.2) is 42.5 Å². The van der Waals surface area contributed by atoms with E-state index in [0.717, 1.165) is 10.8 Å². The fraction of sp³-hybridized carbons (Fsp3) is 0.250. The molecule has 0 aromatic heterocycles. The summed E-state index contributed by atoms with van der Waals surface area (Å²) in [6.45, 7) is 1.78. The third-order valence-electron chi connectivity index (χ3n) is 3.34. The minimum absolute atomic E-state index is 0.157. The van der Waals surface area contributed by atoms with Gasteiger partial charge in [-0.15, -0.1) is 0 Å². The highest BCUT2D eigenvalue weighted by atomic mass is 16.4. The summed E-state index contributed by atoms with van der Waals surface area (Å²) in [4.78, 5) is 24.8. The van der Waals surface area contributed by atoms with Crippen molar-refractivity contribution in [3.05, 3.63) is 48.0 Å². The van der Waals surface area contributed by atoms with E-state index in [-0.39, 0.29) is 12.5 Å². The average molecular weight is 271 g/mol. The third-order valence-corrected chi connectivity index (χ3v) is 3.34. The van der Waals surface area contributed by atoms with E-state index in [4.69, 9.17) is 5.11 Å². The summed E-state index contributed by atoms with van der Waals surface area (Å²) < 4.78 is 0. The third kappa shape index (κ3) is 2.79. The number of carbonyl (C=O) groups is 2. The zero-order valence-corrected chi connectivity index (χ0v) is 11.5. The largest absolute Gasteiger partial charge is 0.481 e. The molecule has 0 radical (unpaired) electrons. The van der Waals surface area contributed by atoms with Crippen molar-refractivity contribution < 1.29 is 14.7 Å². The van der Waals surface area contributed by atoms with E-state index in [1.54, 1.807) is 20.0 Å². The molecule has 0 aliphatic rings. The average Bonchev–Trinajstić information content (AvgIpc) is 2.45. The molecular formula is C16H17NO3. The van der Waals surface area contributed by atoms with Crippen molar-refractivity contribution in [3.63, 3.8) is 0 Å². The van der Waals surface area contributed by atoms with Crippen molar-refractivity contribution in [1.29, 1.82) is 0 Å². The topological polar surface area (TPSA) is 57.6 Å². The minimum Gasteiger partial charge on any atom is -0.481 e. The molecule has 4 heteroatoms. The van der Waals surface area contributed by atoms with Gasteiger partial charge < -0.3 is 10.0 Å². The molecule has 2 aromatic rings. The predicted octanol–water partition coefficient (Wildman–Crippen LogP) is 2.63. The zero-order valence-electron chi connectivity index (χ0n) is 11.5. The molecule has 4 nitrogen and oxygen atoms in total. The smallest absolute Gasteiger partial charge is 0.308 e. The zero-order chi connectivity index (χ0) is 14.7. The van der Waals surface area contributed by atoms with Crippen LogP contribution in [0.5, 0.6) is 0 Å². The van der Waals surface area contributed by atoms with E-state index in [9.17, 15) is 9.59 Å². The summed E-state index contributed by atoms with van der Waals surface area (Å²) in [6.07, 6.45) is 0. The van der Waals surface area contributed by atoms with Crippen LogP contribution in [0.1, 0.15) is 17.3 Å². The monoisotopic (exact) mass is 271 g/mol. The Hall–Kier alpha value is -2.36. The van der Waals surface area contributed by atoms with Crippen LogP contribution in [0.2, 0.25) is 0 Å². The van der Waals surface area contributed by atoms with Crippen molar-refractivity contribution in [2.75, 3.05) is 13.6 Å². The quantitative estimate of drug-likeness (QED) is 0.930. The number of hydrogen-bond acceptors (Lipinski definition) is 2. The van der Waals surface area contributed by atoms with Crippen LogP contribution in [0.25, 0.3) is 10.8 Å². The molecule has 0 fully saturated rings.